The van der Waals surface area contributed by atoms with Crippen molar-refractivity contribution in [2.24, 2.45) is 0 Å². The fourth-order valence-electron chi connectivity index (χ4n) is 5.80. The summed E-state index contributed by atoms with van der Waals surface area (Å²) in [6.07, 6.45) is 4.11. The lowest BCUT2D eigenvalue weighted by Gasteiger charge is -2.38. The van der Waals surface area contributed by atoms with Crippen LogP contribution < -0.4 is 0 Å². The third-order valence-corrected chi connectivity index (χ3v) is 20.9. The average Bonchev–Trinajstić information content (AvgIpc) is 2.64. The summed E-state index contributed by atoms with van der Waals surface area (Å²) in [4.78, 5) is 0. The third-order valence-electron chi connectivity index (χ3n) is 7.36. The van der Waals surface area contributed by atoms with Gasteiger partial charge in [-0.3, -0.25) is 0 Å². The Balaban J connectivity index is 7.48. The predicted molar refractivity (Wildman–Crippen MR) is 177 cm³/mol. The minimum Gasteiger partial charge on any atom is -0.125 e. The zero-order valence-electron chi connectivity index (χ0n) is 23.1. The molecule has 0 heterocycles. The van der Waals surface area contributed by atoms with Crippen LogP contribution in [0.25, 0.3) is 0 Å². The molecule has 192 valence electrons. The first-order valence-corrected chi connectivity index (χ1v) is 20.0. The second kappa shape index (κ2) is 15.2. The Bertz CT molecular complexity index is 773. The van der Waals surface area contributed by atoms with Crippen molar-refractivity contribution < 1.29 is 0 Å². The molecule has 0 amide bonds. The van der Waals surface area contributed by atoms with Crippen LogP contribution in [0.15, 0.2) is 30.1 Å². The van der Waals surface area contributed by atoms with Crippen molar-refractivity contribution in [2.45, 2.75) is 116 Å². The van der Waals surface area contributed by atoms with Crippen LogP contribution >= 0.6 is 63.7 Å². The van der Waals surface area contributed by atoms with Crippen molar-refractivity contribution in [3.63, 3.8) is 0 Å². The number of hydrogen-bond donors (Lipinski definition) is 0. The van der Waals surface area contributed by atoms with Crippen molar-refractivity contribution in [3.05, 3.63) is 30.1 Å². The van der Waals surface area contributed by atoms with Crippen LogP contribution in [0, 0.1) is 22.9 Å². The van der Waals surface area contributed by atoms with Crippen molar-refractivity contribution in [3.8, 4) is 22.9 Å². The summed E-state index contributed by atoms with van der Waals surface area (Å²) >= 11 is 14.3. The van der Waals surface area contributed by atoms with E-state index >= 15 is 0 Å². The molecule has 6 heteroatoms. The Morgan fingerprint density at radius 3 is 0.824 bits per heavy atom. The van der Waals surface area contributed by atoms with Gasteiger partial charge in [-0.25, -0.2) is 0 Å². The standard InChI is InChI=1S/C28H44Br4Si2/c1-19(2)33(20(3)4,21(5)6)15-13-25(17-27(29)30)26(18-28(31)32)14-16-34(22(7)8,23(9)10)24(11)12/h17-24H,1-12H3/b26-25+. The molecule has 34 heavy (non-hydrogen) atoms. The summed E-state index contributed by atoms with van der Waals surface area (Å²) in [7, 11) is -3.76. The molecule has 0 aliphatic carbocycles. The highest BCUT2D eigenvalue weighted by Crippen LogP contribution is 2.42. The zero-order chi connectivity index (χ0) is 27.0. The number of rotatable bonds is 8. The van der Waals surface area contributed by atoms with E-state index in [1.54, 1.807) is 0 Å². The Kier molecular flexibility index (Phi) is 15.5. The van der Waals surface area contributed by atoms with Gasteiger partial charge in [-0.2, -0.15) is 0 Å². The molecule has 0 aromatic heterocycles. The van der Waals surface area contributed by atoms with E-state index in [1.807, 2.05) is 0 Å². The van der Waals surface area contributed by atoms with E-state index in [0.717, 1.165) is 17.9 Å². The predicted octanol–water partition coefficient (Wildman–Crippen LogP) is 12.0. The summed E-state index contributed by atoms with van der Waals surface area (Å²) in [5.41, 5.74) is 13.1. The smallest absolute Gasteiger partial charge is 0.125 e. The molecule has 0 aliphatic rings. The largest absolute Gasteiger partial charge is 0.146 e. The number of allylic oxidation sites excluding steroid dienone is 4. The minimum atomic E-state index is -1.88. The second-order valence-corrected chi connectivity index (χ2v) is 27.7. The van der Waals surface area contributed by atoms with Gasteiger partial charge in [-0.15, -0.1) is 11.1 Å². The van der Waals surface area contributed by atoms with Gasteiger partial charge in [0, 0.05) is 11.1 Å². The highest BCUT2D eigenvalue weighted by atomic mass is 79.9. The van der Waals surface area contributed by atoms with Gasteiger partial charge < -0.3 is 0 Å². The molecule has 0 saturated carbocycles. The lowest BCUT2D eigenvalue weighted by molar-refractivity contribution is 0.838. The van der Waals surface area contributed by atoms with Gasteiger partial charge in [0.1, 0.15) is 16.1 Å². The van der Waals surface area contributed by atoms with Crippen molar-refractivity contribution in [1.82, 2.24) is 0 Å². The van der Waals surface area contributed by atoms with E-state index in [1.165, 1.54) is 0 Å². The molecule has 0 atom stereocenters. The molecular weight excluding hydrogens is 712 g/mol. The maximum absolute atomic E-state index is 3.88. The maximum Gasteiger partial charge on any atom is 0.146 e. The van der Waals surface area contributed by atoms with Gasteiger partial charge in [0.05, 0.1) is 6.78 Å². The molecule has 0 bridgehead atoms. The van der Waals surface area contributed by atoms with Gasteiger partial charge >= 0.3 is 0 Å². The molecule has 0 unspecified atom stereocenters. The van der Waals surface area contributed by atoms with E-state index in [0.29, 0.717) is 33.2 Å². The summed E-state index contributed by atoms with van der Waals surface area (Å²) in [5.74, 6) is 7.29. The molecule has 0 N–H and O–H groups in total. The summed E-state index contributed by atoms with van der Waals surface area (Å²) in [5, 5.41) is 0. The van der Waals surface area contributed by atoms with E-state index in [2.05, 4.69) is 182 Å². The summed E-state index contributed by atoms with van der Waals surface area (Å²) in [6, 6.07) is 0. The number of hydrogen-bond acceptors (Lipinski definition) is 0. The first-order chi connectivity index (χ1) is 15.5. The molecule has 0 aliphatic heterocycles. The van der Waals surface area contributed by atoms with Gasteiger partial charge in [-0.05, 0) is 109 Å². The Labute approximate surface area is 247 Å². The molecule has 0 aromatic rings. The second-order valence-electron chi connectivity index (χ2n) is 11.0. The highest BCUT2D eigenvalue weighted by molar-refractivity contribution is 9.28. The quantitative estimate of drug-likeness (QED) is 0.131. The van der Waals surface area contributed by atoms with Gasteiger partial charge in [0.25, 0.3) is 0 Å². The van der Waals surface area contributed by atoms with Crippen molar-refractivity contribution >= 4 is 79.9 Å². The van der Waals surface area contributed by atoms with Crippen LogP contribution in [0.1, 0.15) is 83.1 Å². The summed E-state index contributed by atoms with van der Waals surface area (Å²) < 4.78 is 1.74. The van der Waals surface area contributed by atoms with Crippen LogP contribution in [0.5, 0.6) is 0 Å². The van der Waals surface area contributed by atoms with Crippen LogP contribution in [0.2, 0.25) is 33.2 Å². The van der Waals surface area contributed by atoms with Crippen molar-refractivity contribution in [1.29, 1.82) is 0 Å². The molecule has 0 spiro atoms. The normalized spacial score (nSPS) is 13.1. The lowest BCUT2D eigenvalue weighted by Crippen LogP contribution is -2.43. The SMILES string of the molecule is CC(C)[Si](C#C/C(C=C(Br)Br)=C(/C#C[Si](C(C)C)(C(C)C)C(C)C)C=C(Br)Br)(C(C)C)C(C)C. The summed E-state index contributed by atoms with van der Waals surface area (Å²) in [6.45, 7) is 28.2. The first kappa shape index (κ1) is 34.7. The van der Waals surface area contributed by atoms with Gasteiger partial charge in [-0.1, -0.05) is 94.9 Å². The fraction of sp³-hybridized carbons (Fsp3) is 0.643. The monoisotopic (exact) mass is 752 g/mol. The van der Waals surface area contributed by atoms with E-state index in [9.17, 15) is 0 Å². The molecule has 0 nitrogen and oxygen atoms in total. The van der Waals surface area contributed by atoms with E-state index in [-0.39, 0.29) is 0 Å². The first-order valence-electron chi connectivity index (χ1n) is 12.3. The van der Waals surface area contributed by atoms with Gasteiger partial charge in [0.15, 0.2) is 0 Å². The Hall–Kier alpha value is 0.694. The van der Waals surface area contributed by atoms with E-state index < -0.39 is 16.1 Å². The zero-order valence-corrected chi connectivity index (χ0v) is 31.5. The molecule has 0 rings (SSSR count). The molecule has 0 radical (unpaired) electrons. The minimum absolute atomic E-state index is 0.577. The van der Waals surface area contributed by atoms with Gasteiger partial charge in [0.2, 0.25) is 0 Å². The highest BCUT2D eigenvalue weighted by Gasteiger charge is 2.42. The molecule has 0 saturated heterocycles. The molecule has 0 aromatic carbocycles. The Morgan fingerprint density at radius 1 is 0.471 bits per heavy atom. The topological polar surface area (TPSA) is 0 Å². The average molecular weight is 756 g/mol. The van der Waals surface area contributed by atoms with Crippen LogP contribution in [0.4, 0.5) is 0 Å². The van der Waals surface area contributed by atoms with Crippen LogP contribution in [-0.2, 0) is 0 Å². The third kappa shape index (κ3) is 8.92. The van der Waals surface area contributed by atoms with Crippen LogP contribution in [0.3, 0.4) is 0 Å². The maximum atomic E-state index is 3.88. The van der Waals surface area contributed by atoms with Crippen LogP contribution in [-0.4, -0.2) is 16.1 Å². The Morgan fingerprint density at radius 2 is 0.676 bits per heavy atom. The van der Waals surface area contributed by atoms with E-state index in [4.69, 9.17) is 0 Å². The molecular formula is C28H44Br4Si2. The lowest BCUT2D eigenvalue weighted by atomic mass is 10.1. The van der Waals surface area contributed by atoms with Crippen molar-refractivity contribution in [2.75, 3.05) is 0 Å². The fourth-order valence-corrected chi connectivity index (χ4v) is 17.1. The number of halogens is 4. The molecule has 0 fully saturated rings.